The molecule has 1 atom stereocenters. The van der Waals surface area contributed by atoms with Crippen LogP contribution in [0.4, 0.5) is 4.39 Å². The van der Waals surface area contributed by atoms with Crippen molar-refractivity contribution >= 4 is 0 Å². The van der Waals surface area contributed by atoms with Crippen LogP contribution in [0.25, 0.3) is 0 Å². The predicted octanol–water partition coefficient (Wildman–Crippen LogP) is 2.35. The van der Waals surface area contributed by atoms with E-state index in [0.29, 0.717) is 0 Å². The Kier molecular flexibility index (Phi) is 4.90. The lowest BCUT2D eigenvalue weighted by Gasteiger charge is -2.19. The van der Waals surface area contributed by atoms with Crippen LogP contribution in [0.1, 0.15) is 23.6 Å². The molecule has 0 aliphatic carbocycles. The quantitative estimate of drug-likeness (QED) is 0.826. The van der Waals surface area contributed by atoms with Crippen molar-refractivity contribution in [1.29, 1.82) is 0 Å². The van der Waals surface area contributed by atoms with Gasteiger partial charge in [0.2, 0.25) is 0 Å². The summed E-state index contributed by atoms with van der Waals surface area (Å²) < 4.78 is 13.3. The van der Waals surface area contributed by atoms with E-state index in [1.807, 2.05) is 34.1 Å². The van der Waals surface area contributed by atoms with Gasteiger partial charge in [-0.2, -0.15) is 0 Å². The van der Waals surface area contributed by atoms with Crippen molar-refractivity contribution < 1.29 is 4.39 Å². The summed E-state index contributed by atoms with van der Waals surface area (Å²) in [6.07, 6.45) is 0.979. The summed E-state index contributed by atoms with van der Waals surface area (Å²) in [4.78, 5) is 2.14. The average Bonchev–Trinajstić information content (AvgIpc) is 2.16. The van der Waals surface area contributed by atoms with Crippen LogP contribution in [-0.2, 0) is 0 Å². The van der Waals surface area contributed by atoms with Crippen LogP contribution in [-0.4, -0.2) is 32.6 Å². The molecule has 16 heavy (non-hydrogen) atoms. The van der Waals surface area contributed by atoms with E-state index in [9.17, 15) is 4.39 Å². The molecule has 90 valence electrons. The Bertz CT molecular complexity index is 316. The zero-order valence-electron chi connectivity index (χ0n) is 10.5. The molecule has 0 aliphatic heterocycles. The molecule has 0 aromatic heterocycles. The third-order valence-corrected chi connectivity index (χ3v) is 2.68. The molecular formula is C13H21FN2. The Balaban J connectivity index is 2.78. The molecule has 0 saturated heterocycles. The van der Waals surface area contributed by atoms with Gasteiger partial charge in [-0.15, -0.1) is 0 Å². The normalized spacial score (nSPS) is 13.1. The molecule has 0 radical (unpaired) electrons. The minimum absolute atomic E-state index is 0.153. The van der Waals surface area contributed by atoms with E-state index in [0.717, 1.165) is 24.1 Å². The number of rotatable bonds is 5. The SMILES string of the molecule is CNC(CCN(C)C)c1cc(C)cc(F)c1. The molecule has 0 heterocycles. The number of halogens is 1. The first-order valence-corrected chi connectivity index (χ1v) is 5.62. The van der Waals surface area contributed by atoms with Gasteiger partial charge in [0.15, 0.2) is 0 Å². The highest BCUT2D eigenvalue weighted by Gasteiger charge is 2.10. The third kappa shape index (κ3) is 3.91. The first-order valence-electron chi connectivity index (χ1n) is 5.62. The molecule has 0 aliphatic rings. The van der Waals surface area contributed by atoms with Crippen LogP contribution in [0.5, 0.6) is 0 Å². The van der Waals surface area contributed by atoms with Crippen LogP contribution in [0.2, 0.25) is 0 Å². The molecule has 1 unspecified atom stereocenters. The fraction of sp³-hybridized carbons (Fsp3) is 0.538. The number of aryl methyl sites for hydroxylation is 1. The molecule has 2 nitrogen and oxygen atoms in total. The van der Waals surface area contributed by atoms with Crippen molar-refractivity contribution in [2.45, 2.75) is 19.4 Å². The van der Waals surface area contributed by atoms with Crippen molar-refractivity contribution in [2.24, 2.45) is 0 Å². The maximum Gasteiger partial charge on any atom is 0.123 e. The Hall–Kier alpha value is -0.930. The number of benzene rings is 1. The van der Waals surface area contributed by atoms with E-state index in [2.05, 4.69) is 10.2 Å². The highest BCUT2D eigenvalue weighted by atomic mass is 19.1. The van der Waals surface area contributed by atoms with Gasteiger partial charge in [0.25, 0.3) is 0 Å². The molecule has 0 amide bonds. The molecule has 0 fully saturated rings. The van der Waals surface area contributed by atoms with Crippen LogP contribution >= 0.6 is 0 Å². The van der Waals surface area contributed by atoms with Crippen LogP contribution in [0.15, 0.2) is 18.2 Å². The minimum Gasteiger partial charge on any atom is -0.313 e. The van der Waals surface area contributed by atoms with Gasteiger partial charge < -0.3 is 10.2 Å². The van der Waals surface area contributed by atoms with Crippen molar-refractivity contribution in [3.05, 3.63) is 35.1 Å². The molecule has 1 aromatic rings. The monoisotopic (exact) mass is 224 g/mol. The van der Waals surface area contributed by atoms with Gasteiger partial charge in [-0.25, -0.2) is 4.39 Å². The highest BCUT2D eigenvalue weighted by molar-refractivity contribution is 5.26. The second-order valence-electron chi connectivity index (χ2n) is 4.50. The van der Waals surface area contributed by atoms with Crippen molar-refractivity contribution in [2.75, 3.05) is 27.7 Å². The van der Waals surface area contributed by atoms with Crippen LogP contribution < -0.4 is 5.32 Å². The minimum atomic E-state index is -0.153. The maximum atomic E-state index is 13.3. The fourth-order valence-electron chi connectivity index (χ4n) is 1.83. The van der Waals surface area contributed by atoms with Gasteiger partial charge in [-0.05, 0) is 64.3 Å². The second kappa shape index (κ2) is 5.97. The molecule has 0 saturated carbocycles. The van der Waals surface area contributed by atoms with Gasteiger partial charge >= 0.3 is 0 Å². The Morgan fingerprint density at radius 2 is 2.00 bits per heavy atom. The molecule has 1 rings (SSSR count). The van der Waals surface area contributed by atoms with E-state index in [1.54, 1.807) is 12.1 Å². The standard InChI is InChI=1S/C13H21FN2/c1-10-7-11(9-12(14)8-10)13(15-2)5-6-16(3)4/h7-9,13,15H,5-6H2,1-4H3. The summed E-state index contributed by atoms with van der Waals surface area (Å²) in [6, 6.07) is 5.43. The fourth-order valence-corrected chi connectivity index (χ4v) is 1.83. The lowest BCUT2D eigenvalue weighted by atomic mass is 10.0. The lowest BCUT2D eigenvalue weighted by Crippen LogP contribution is -2.23. The van der Waals surface area contributed by atoms with Gasteiger partial charge in [-0.3, -0.25) is 0 Å². The summed E-state index contributed by atoms with van der Waals surface area (Å²) in [5, 5.41) is 3.23. The Labute approximate surface area is 97.5 Å². The van der Waals surface area contributed by atoms with Gasteiger partial charge in [0, 0.05) is 6.04 Å². The smallest absolute Gasteiger partial charge is 0.123 e. The van der Waals surface area contributed by atoms with E-state index in [1.165, 1.54) is 0 Å². The maximum absolute atomic E-state index is 13.3. The van der Waals surface area contributed by atoms with Crippen LogP contribution in [0.3, 0.4) is 0 Å². The van der Waals surface area contributed by atoms with Crippen LogP contribution in [0, 0.1) is 12.7 Å². The van der Waals surface area contributed by atoms with Gasteiger partial charge in [0.05, 0.1) is 0 Å². The van der Waals surface area contributed by atoms with Gasteiger partial charge in [-0.1, -0.05) is 6.07 Å². The first-order chi connectivity index (χ1) is 7.52. The first kappa shape index (κ1) is 13.1. The topological polar surface area (TPSA) is 15.3 Å². The zero-order valence-corrected chi connectivity index (χ0v) is 10.5. The molecular weight excluding hydrogens is 203 g/mol. The Morgan fingerprint density at radius 1 is 1.31 bits per heavy atom. The lowest BCUT2D eigenvalue weighted by molar-refractivity contribution is 0.368. The van der Waals surface area contributed by atoms with E-state index in [4.69, 9.17) is 0 Å². The predicted molar refractivity (Wildman–Crippen MR) is 66.1 cm³/mol. The summed E-state index contributed by atoms with van der Waals surface area (Å²) >= 11 is 0. The summed E-state index contributed by atoms with van der Waals surface area (Å²) in [7, 11) is 6.01. The molecule has 0 bridgehead atoms. The summed E-state index contributed by atoms with van der Waals surface area (Å²) in [5.74, 6) is -0.153. The number of hydrogen-bond donors (Lipinski definition) is 1. The van der Waals surface area contributed by atoms with Gasteiger partial charge in [0.1, 0.15) is 5.82 Å². The zero-order chi connectivity index (χ0) is 12.1. The number of nitrogens with zero attached hydrogens (tertiary/aromatic N) is 1. The highest BCUT2D eigenvalue weighted by Crippen LogP contribution is 2.19. The van der Waals surface area contributed by atoms with Crippen molar-refractivity contribution in [3.63, 3.8) is 0 Å². The van der Waals surface area contributed by atoms with E-state index < -0.39 is 0 Å². The molecule has 1 aromatic carbocycles. The Morgan fingerprint density at radius 3 is 2.50 bits per heavy atom. The van der Waals surface area contributed by atoms with Crippen molar-refractivity contribution in [3.8, 4) is 0 Å². The largest absolute Gasteiger partial charge is 0.313 e. The molecule has 1 N–H and O–H groups in total. The average molecular weight is 224 g/mol. The summed E-state index contributed by atoms with van der Waals surface area (Å²) in [6.45, 7) is 2.91. The van der Waals surface area contributed by atoms with E-state index >= 15 is 0 Å². The van der Waals surface area contributed by atoms with E-state index in [-0.39, 0.29) is 11.9 Å². The number of nitrogens with one attached hydrogen (secondary N) is 1. The third-order valence-electron chi connectivity index (χ3n) is 2.68. The summed E-state index contributed by atoms with van der Waals surface area (Å²) in [5.41, 5.74) is 2.00. The van der Waals surface area contributed by atoms with Crippen molar-refractivity contribution in [1.82, 2.24) is 10.2 Å². The molecule has 3 heteroatoms. The number of hydrogen-bond acceptors (Lipinski definition) is 2. The second-order valence-corrected chi connectivity index (χ2v) is 4.50. The molecule has 0 spiro atoms.